The topological polar surface area (TPSA) is 108 Å². The number of nitro groups is 1. The van der Waals surface area contributed by atoms with Gasteiger partial charge in [0, 0.05) is 23.8 Å². The molecule has 0 amide bonds. The zero-order valence-electron chi connectivity index (χ0n) is 14.3. The summed E-state index contributed by atoms with van der Waals surface area (Å²) < 4.78 is 10.4. The molecule has 0 N–H and O–H groups in total. The third kappa shape index (κ3) is 4.40. The average Bonchev–Trinajstić information content (AvgIpc) is 3.15. The van der Waals surface area contributed by atoms with E-state index in [1.165, 1.54) is 50.3 Å². The van der Waals surface area contributed by atoms with E-state index >= 15 is 0 Å². The van der Waals surface area contributed by atoms with Gasteiger partial charge in [0.05, 0.1) is 17.6 Å². The van der Waals surface area contributed by atoms with E-state index in [9.17, 15) is 14.9 Å². The van der Waals surface area contributed by atoms with E-state index < -0.39 is 10.9 Å². The summed E-state index contributed by atoms with van der Waals surface area (Å²) in [6, 6.07) is 4.20. The molecular weight excluding hydrogens is 358 g/mol. The SMILES string of the molecule is COC(=O)c1cc(CSc2nnc(C3CCCCC3)o2)cc([N+](=O)[O-])c1. The number of nitrogens with zero attached hydrogens (tertiary/aromatic N) is 3. The number of hydrogen-bond acceptors (Lipinski definition) is 8. The van der Waals surface area contributed by atoms with E-state index in [2.05, 4.69) is 14.9 Å². The summed E-state index contributed by atoms with van der Waals surface area (Å²) in [4.78, 5) is 22.2. The highest BCUT2D eigenvalue weighted by molar-refractivity contribution is 7.98. The van der Waals surface area contributed by atoms with E-state index in [0.29, 0.717) is 28.3 Å². The second-order valence-electron chi connectivity index (χ2n) is 6.17. The molecule has 0 saturated heterocycles. The van der Waals surface area contributed by atoms with Crippen molar-refractivity contribution in [3.8, 4) is 0 Å². The number of esters is 1. The quantitative estimate of drug-likeness (QED) is 0.320. The minimum Gasteiger partial charge on any atom is -0.465 e. The molecular formula is C17H19N3O5S. The minimum absolute atomic E-state index is 0.144. The molecule has 1 saturated carbocycles. The lowest BCUT2D eigenvalue weighted by molar-refractivity contribution is -0.384. The maximum Gasteiger partial charge on any atom is 0.338 e. The van der Waals surface area contributed by atoms with Crippen molar-refractivity contribution in [2.45, 2.75) is 49.0 Å². The van der Waals surface area contributed by atoms with Crippen LogP contribution in [0.5, 0.6) is 0 Å². The first-order valence-corrected chi connectivity index (χ1v) is 9.38. The smallest absolute Gasteiger partial charge is 0.338 e. The van der Waals surface area contributed by atoms with Gasteiger partial charge in [-0.3, -0.25) is 10.1 Å². The lowest BCUT2D eigenvalue weighted by atomic mass is 9.89. The molecule has 9 heteroatoms. The Morgan fingerprint density at radius 2 is 2.08 bits per heavy atom. The Morgan fingerprint density at radius 1 is 1.31 bits per heavy atom. The summed E-state index contributed by atoms with van der Waals surface area (Å²) in [6.45, 7) is 0. The maximum atomic E-state index is 11.7. The standard InChI is InChI=1S/C17H19N3O5S/c1-24-16(21)13-7-11(8-14(9-13)20(22)23)10-26-17-19-18-15(25-17)12-5-3-2-4-6-12/h7-9,12H,2-6,10H2,1H3. The summed E-state index contributed by atoms with van der Waals surface area (Å²) in [7, 11) is 1.24. The van der Waals surface area contributed by atoms with Gasteiger partial charge in [-0.1, -0.05) is 31.0 Å². The first kappa shape index (κ1) is 18.4. The fraction of sp³-hybridized carbons (Fsp3) is 0.471. The van der Waals surface area contributed by atoms with Gasteiger partial charge in [0.2, 0.25) is 5.89 Å². The van der Waals surface area contributed by atoms with Gasteiger partial charge in [-0.25, -0.2) is 4.79 Å². The van der Waals surface area contributed by atoms with Crippen LogP contribution in [0.4, 0.5) is 5.69 Å². The van der Waals surface area contributed by atoms with Crippen molar-refractivity contribution < 1.29 is 18.9 Å². The van der Waals surface area contributed by atoms with Gasteiger partial charge in [0.1, 0.15) is 0 Å². The molecule has 0 spiro atoms. The second-order valence-corrected chi connectivity index (χ2v) is 7.09. The van der Waals surface area contributed by atoms with Crippen LogP contribution in [0.3, 0.4) is 0 Å². The average molecular weight is 377 g/mol. The highest BCUT2D eigenvalue weighted by atomic mass is 32.2. The third-order valence-corrected chi connectivity index (χ3v) is 5.24. The van der Waals surface area contributed by atoms with Crippen LogP contribution in [-0.4, -0.2) is 28.2 Å². The van der Waals surface area contributed by atoms with Gasteiger partial charge in [-0.15, -0.1) is 10.2 Å². The predicted octanol–water partition coefficient (Wildman–Crippen LogP) is 4.10. The summed E-state index contributed by atoms with van der Waals surface area (Å²) >= 11 is 1.29. The number of hydrogen-bond donors (Lipinski definition) is 0. The Labute approximate surface area is 154 Å². The predicted molar refractivity (Wildman–Crippen MR) is 94.1 cm³/mol. The first-order chi connectivity index (χ1) is 12.6. The number of carbonyl (C=O) groups is 1. The molecule has 0 bridgehead atoms. The van der Waals surface area contributed by atoms with Gasteiger partial charge in [-0.2, -0.15) is 0 Å². The zero-order chi connectivity index (χ0) is 18.5. The number of rotatable bonds is 6. The van der Waals surface area contributed by atoms with Crippen LogP contribution in [0, 0.1) is 10.1 Å². The van der Waals surface area contributed by atoms with Crippen molar-refractivity contribution in [1.29, 1.82) is 0 Å². The van der Waals surface area contributed by atoms with Gasteiger partial charge in [0.25, 0.3) is 10.9 Å². The molecule has 0 aliphatic heterocycles. The van der Waals surface area contributed by atoms with Crippen molar-refractivity contribution in [2.75, 3.05) is 7.11 Å². The number of thioether (sulfide) groups is 1. The van der Waals surface area contributed by atoms with Crippen LogP contribution in [0.2, 0.25) is 0 Å². The second kappa shape index (κ2) is 8.31. The van der Waals surface area contributed by atoms with E-state index in [0.717, 1.165) is 12.8 Å². The zero-order valence-corrected chi connectivity index (χ0v) is 15.2. The molecule has 0 atom stereocenters. The van der Waals surface area contributed by atoms with Crippen molar-refractivity contribution in [1.82, 2.24) is 10.2 Å². The molecule has 1 fully saturated rings. The van der Waals surface area contributed by atoms with E-state index in [1.54, 1.807) is 6.07 Å². The van der Waals surface area contributed by atoms with Crippen LogP contribution in [0.15, 0.2) is 27.8 Å². The Hall–Kier alpha value is -2.42. The summed E-state index contributed by atoms with van der Waals surface area (Å²) in [5, 5.41) is 19.7. The number of carbonyl (C=O) groups excluding carboxylic acids is 1. The van der Waals surface area contributed by atoms with Crippen molar-refractivity contribution in [2.24, 2.45) is 0 Å². The minimum atomic E-state index is -0.614. The Bertz CT molecular complexity index is 801. The van der Waals surface area contributed by atoms with Crippen molar-refractivity contribution in [3.63, 3.8) is 0 Å². The van der Waals surface area contributed by atoms with Crippen LogP contribution >= 0.6 is 11.8 Å². The van der Waals surface area contributed by atoms with Crippen molar-refractivity contribution in [3.05, 3.63) is 45.3 Å². The molecule has 1 aromatic carbocycles. The monoisotopic (exact) mass is 377 g/mol. The van der Waals surface area contributed by atoms with E-state index in [4.69, 9.17) is 4.42 Å². The Balaban J connectivity index is 1.70. The van der Waals surface area contributed by atoms with Crippen LogP contribution in [0.1, 0.15) is 59.8 Å². The van der Waals surface area contributed by atoms with Crippen molar-refractivity contribution >= 4 is 23.4 Å². The molecule has 0 radical (unpaired) electrons. The number of benzene rings is 1. The molecule has 1 aliphatic rings. The Kier molecular flexibility index (Phi) is 5.87. The Morgan fingerprint density at radius 3 is 2.77 bits per heavy atom. The summed E-state index contributed by atoms with van der Waals surface area (Å²) in [5.41, 5.74) is 0.602. The van der Waals surface area contributed by atoms with Gasteiger partial charge in [0.15, 0.2) is 0 Å². The molecule has 1 aliphatic carbocycles. The first-order valence-electron chi connectivity index (χ1n) is 8.39. The highest BCUT2D eigenvalue weighted by Gasteiger charge is 2.21. The number of ether oxygens (including phenoxy) is 1. The molecule has 26 heavy (non-hydrogen) atoms. The summed E-state index contributed by atoms with van der Waals surface area (Å²) in [5.74, 6) is 0.756. The van der Waals surface area contributed by atoms with Crippen LogP contribution in [-0.2, 0) is 10.5 Å². The maximum absolute atomic E-state index is 11.7. The molecule has 0 unspecified atom stereocenters. The molecule has 3 rings (SSSR count). The third-order valence-electron chi connectivity index (χ3n) is 4.35. The van der Waals surface area contributed by atoms with Gasteiger partial charge >= 0.3 is 5.97 Å². The summed E-state index contributed by atoms with van der Waals surface area (Å²) in [6.07, 6.45) is 5.75. The van der Waals surface area contributed by atoms with E-state index in [-0.39, 0.29) is 11.3 Å². The van der Waals surface area contributed by atoms with Crippen LogP contribution < -0.4 is 0 Å². The molecule has 2 aromatic rings. The van der Waals surface area contributed by atoms with Gasteiger partial charge in [-0.05, 0) is 24.5 Å². The lowest BCUT2D eigenvalue weighted by Crippen LogP contribution is -2.04. The fourth-order valence-corrected chi connectivity index (χ4v) is 3.74. The van der Waals surface area contributed by atoms with Gasteiger partial charge < -0.3 is 9.15 Å². The highest BCUT2D eigenvalue weighted by Crippen LogP contribution is 2.33. The number of nitro benzene ring substituents is 1. The molecule has 1 aromatic heterocycles. The van der Waals surface area contributed by atoms with E-state index in [1.807, 2.05) is 0 Å². The number of aromatic nitrogens is 2. The van der Waals surface area contributed by atoms with Crippen LogP contribution in [0.25, 0.3) is 0 Å². The lowest BCUT2D eigenvalue weighted by Gasteiger charge is -2.17. The molecule has 8 nitrogen and oxygen atoms in total. The number of methoxy groups -OCH3 is 1. The molecule has 138 valence electrons. The fourth-order valence-electron chi connectivity index (χ4n) is 3.04. The number of non-ortho nitro benzene ring substituents is 1. The normalized spacial score (nSPS) is 15.0. The largest absolute Gasteiger partial charge is 0.465 e. The molecule has 1 heterocycles.